The van der Waals surface area contributed by atoms with Crippen molar-refractivity contribution in [1.82, 2.24) is 4.72 Å². The summed E-state index contributed by atoms with van der Waals surface area (Å²) in [6.07, 6.45) is 2.26. The summed E-state index contributed by atoms with van der Waals surface area (Å²) in [6, 6.07) is 0. The summed E-state index contributed by atoms with van der Waals surface area (Å²) < 4.78 is 12.3. The molecule has 0 aromatic heterocycles. The molecule has 0 bridgehead atoms. The van der Waals surface area contributed by atoms with Gasteiger partial charge in [0.1, 0.15) is 0 Å². The van der Waals surface area contributed by atoms with Gasteiger partial charge in [-0.25, -0.2) is 8.93 Å². The van der Waals surface area contributed by atoms with Gasteiger partial charge in [-0.15, -0.1) is 0 Å². The standard InChI is InChI=1S/C4H11NOS/c1-2-3-4-5-7-6/h7H,2-4H2,1H3,(H,5,6). The molecular formula is C4H11NOS. The van der Waals surface area contributed by atoms with Gasteiger partial charge >= 0.3 is 0 Å². The highest BCUT2D eigenvalue weighted by molar-refractivity contribution is 7.63. The van der Waals surface area contributed by atoms with Crippen LogP contribution < -0.4 is 4.72 Å². The Labute approximate surface area is 47.9 Å². The van der Waals surface area contributed by atoms with Crippen LogP contribution in [0, 0.1) is 0 Å². The van der Waals surface area contributed by atoms with Crippen LogP contribution in [0.15, 0.2) is 0 Å². The fourth-order valence-corrected chi connectivity index (χ4v) is 0.551. The van der Waals surface area contributed by atoms with E-state index in [1.54, 1.807) is 0 Å². The molecule has 0 aliphatic carbocycles. The molecule has 7 heavy (non-hydrogen) atoms. The average molecular weight is 121 g/mol. The van der Waals surface area contributed by atoms with Crippen LogP contribution in [0.4, 0.5) is 0 Å². The molecule has 0 heterocycles. The minimum Gasteiger partial charge on any atom is -0.246 e. The van der Waals surface area contributed by atoms with Crippen LogP contribution in [-0.2, 0) is 11.9 Å². The summed E-state index contributed by atoms with van der Waals surface area (Å²) in [5.74, 6) is 0. The second-order valence-corrected chi connectivity index (χ2v) is 1.85. The largest absolute Gasteiger partial charge is 0.246 e. The Balaban J connectivity index is 2.56. The molecule has 0 spiro atoms. The predicted octanol–water partition coefficient (Wildman–Crippen LogP) is 0.236. The van der Waals surface area contributed by atoms with Crippen molar-refractivity contribution >= 4 is 11.9 Å². The number of hydrogen-bond donors (Lipinski definition) is 2. The topological polar surface area (TPSA) is 29.1 Å². The fraction of sp³-hybridized carbons (Fsp3) is 1.00. The molecule has 3 heteroatoms. The van der Waals surface area contributed by atoms with Crippen LogP contribution >= 0.6 is 0 Å². The van der Waals surface area contributed by atoms with Crippen LogP contribution in [-0.4, -0.2) is 10.8 Å². The van der Waals surface area contributed by atoms with Gasteiger partial charge in [0.25, 0.3) is 0 Å². The minimum atomic E-state index is 0.0546. The van der Waals surface area contributed by atoms with Gasteiger partial charge in [-0.05, 0) is 6.42 Å². The zero-order chi connectivity index (χ0) is 5.54. The third-order valence-electron chi connectivity index (χ3n) is 0.707. The van der Waals surface area contributed by atoms with Crippen LogP contribution in [0.3, 0.4) is 0 Å². The molecule has 1 N–H and O–H groups in total. The van der Waals surface area contributed by atoms with Crippen molar-refractivity contribution in [2.24, 2.45) is 0 Å². The third-order valence-corrected chi connectivity index (χ3v) is 1.06. The Hall–Kier alpha value is 0.110. The molecule has 0 saturated heterocycles. The van der Waals surface area contributed by atoms with Gasteiger partial charge in [-0.3, -0.25) is 0 Å². The van der Waals surface area contributed by atoms with E-state index in [2.05, 4.69) is 11.6 Å². The molecule has 0 aliphatic rings. The van der Waals surface area contributed by atoms with Gasteiger partial charge < -0.3 is 0 Å². The molecule has 44 valence electrons. The molecule has 0 fully saturated rings. The smallest absolute Gasteiger partial charge is 0.0780 e. The van der Waals surface area contributed by atoms with Crippen LogP contribution in [0.2, 0.25) is 0 Å². The summed E-state index contributed by atoms with van der Waals surface area (Å²) in [4.78, 5) is 0. The predicted molar refractivity (Wildman–Crippen MR) is 32.4 cm³/mol. The van der Waals surface area contributed by atoms with E-state index in [4.69, 9.17) is 0 Å². The van der Waals surface area contributed by atoms with Crippen molar-refractivity contribution in [1.29, 1.82) is 0 Å². The van der Waals surface area contributed by atoms with E-state index in [0.29, 0.717) is 0 Å². The minimum absolute atomic E-state index is 0.0546. The number of nitrogens with one attached hydrogen (secondary N) is 1. The SMILES string of the molecule is CCCCN[SH]=O. The first-order valence-corrected chi connectivity index (χ1v) is 3.28. The van der Waals surface area contributed by atoms with Gasteiger partial charge in [0.15, 0.2) is 0 Å². The molecule has 0 rings (SSSR count). The molecule has 0 atom stereocenters. The molecule has 0 radical (unpaired) electrons. The number of hydrogen-bond acceptors (Lipinski definition) is 1. The summed E-state index contributed by atoms with van der Waals surface area (Å²) >= 11 is 0.0546. The third kappa shape index (κ3) is 6.11. The first-order valence-electron chi connectivity index (χ1n) is 2.47. The highest BCUT2D eigenvalue weighted by Crippen LogP contribution is 1.79. The van der Waals surface area contributed by atoms with Crippen molar-refractivity contribution in [3.05, 3.63) is 0 Å². The average Bonchev–Trinajstić information content (AvgIpc) is 1.69. The first kappa shape index (κ1) is 7.11. The Bertz CT molecular complexity index is 49.0. The summed E-state index contributed by atoms with van der Waals surface area (Å²) in [5, 5.41) is 0. The maximum Gasteiger partial charge on any atom is 0.0780 e. The van der Waals surface area contributed by atoms with E-state index in [1.807, 2.05) is 0 Å². The Morgan fingerprint density at radius 3 is 2.86 bits per heavy atom. The van der Waals surface area contributed by atoms with Gasteiger partial charge in [0.2, 0.25) is 0 Å². The quantitative estimate of drug-likeness (QED) is 0.405. The lowest BCUT2D eigenvalue weighted by atomic mass is 10.3. The van der Waals surface area contributed by atoms with E-state index in [1.165, 1.54) is 0 Å². The van der Waals surface area contributed by atoms with Crippen molar-refractivity contribution < 1.29 is 4.21 Å². The summed E-state index contributed by atoms with van der Waals surface area (Å²) in [7, 11) is 0. The highest BCUT2D eigenvalue weighted by atomic mass is 32.2. The summed E-state index contributed by atoms with van der Waals surface area (Å²) in [6.45, 7) is 2.96. The normalized spacial score (nSPS) is 9.29. The second-order valence-electron chi connectivity index (χ2n) is 1.35. The van der Waals surface area contributed by atoms with E-state index < -0.39 is 0 Å². The van der Waals surface area contributed by atoms with Gasteiger partial charge in [-0.2, -0.15) is 0 Å². The lowest BCUT2D eigenvalue weighted by Gasteiger charge is -1.89. The van der Waals surface area contributed by atoms with Crippen LogP contribution in [0.5, 0.6) is 0 Å². The monoisotopic (exact) mass is 121 g/mol. The lowest BCUT2D eigenvalue weighted by molar-refractivity contribution is 0.678. The Morgan fingerprint density at radius 1 is 1.71 bits per heavy atom. The van der Waals surface area contributed by atoms with Crippen molar-refractivity contribution in [3.63, 3.8) is 0 Å². The molecule has 0 aliphatic heterocycles. The maximum absolute atomic E-state index is 9.67. The number of unbranched alkanes of at least 4 members (excludes halogenated alkanes) is 1. The molecule has 0 aromatic carbocycles. The van der Waals surface area contributed by atoms with Crippen molar-refractivity contribution in [3.8, 4) is 0 Å². The Morgan fingerprint density at radius 2 is 2.43 bits per heavy atom. The molecule has 0 unspecified atom stereocenters. The first-order chi connectivity index (χ1) is 3.41. The van der Waals surface area contributed by atoms with Gasteiger partial charge in [0, 0.05) is 6.54 Å². The van der Waals surface area contributed by atoms with Crippen molar-refractivity contribution in [2.75, 3.05) is 6.54 Å². The van der Waals surface area contributed by atoms with E-state index >= 15 is 0 Å². The van der Waals surface area contributed by atoms with E-state index in [0.717, 1.165) is 19.4 Å². The second kappa shape index (κ2) is 6.11. The Kier molecular flexibility index (Phi) is 6.21. The number of thiol groups is 1. The lowest BCUT2D eigenvalue weighted by Crippen LogP contribution is -2.07. The van der Waals surface area contributed by atoms with Gasteiger partial charge in [-0.1, -0.05) is 13.3 Å². The van der Waals surface area contributed by atoms with Crippen molar-refractivity contribution in [2.45, 2.75) is 19.8 Å². The van der Waals surface area contributed by atoms with Gasteiger partial charge in [0.05, 0.1) is 11.9 Å². The van der Waals surface area contributed by atoms with Crippen LogP contribution in [0.25, 0.3) is 0 Å². The molecule has 2 nitrogen and oxygen atoms in total. The molecular weight excluding hydrogens is 110 g/mol. The maximum atomic E-state index is 9.67. The fourth-order valence-electron chi connectivity index (χ4n) is 0.301. The van der Waals surface area contributed by atoms with E-state index in [9.17, 15) is 4.21 Å². The summed E-state index contributed by atoms with van der Waals surface area (Å²) in [5.41, 5.74) is 0. The molecule has 0 amide bonds. The number of rotatable bonds is 4. The molecule has 0 aromatic rings. The van der Waals surface area contributed by atoms with Crippen LogP contribution in [0.1, 0.15) is 19.8 Å². The molecule has 0 saturated carbocycles. The zero-order valence-electron chi connectivity index (χ0n) is 4.48. The zero-order valence-corrected chi connectivity index (χ0v) is 5.37. The highest BCUT2D eigenvalue weighted by Gasteiger charge is 1.76. The van der Waals surface area contributed by atoms with E-state index in [-0.39, 0.29) is 11.9 Å².